The van der Waals surface area contributed by atoms with Crippen molar-refractivity contribution in [3.8, 4) is 11.5 Å². The molecule has 0 aromatic heterocycles. The van der Waals surface area contributed by atoms with Crippen LogP contribution < -0.4 is 19.1 Å². The molecule has 36 heavy (non-hydrogen) atoms. The molecule has 0 saturated carbocycles. The number of benzene rings is 2. The van der Waals surface area contributed by atoms with Crippen LogP contribution in [0.2, 0.25) is 5.02 Å². The van der Waals surface area contributed by atoms with Crippen molar-refractivity contribution >= 4 is 39.1 Å². The maximum absolute atomic E-state index is 13.7. The lowest BCUT2D eigenvalue weighted by molar-refractivity contribution is -0.140. The summed E-state index contributed by atoms with van der Waals surface area (Å²) in [6.45, 7) is 5.22. The lowest BCUT2D eigenvalue weighted by Crippen LogP contribution is -2.53. The van der Waals surface area contributed by atoms with E-state index in [1.54, 1.807) is 43.3 Å². The molecule has 1 heterocycles. The number of fused-ring (bicyclic) bond motifs is 1. The first-order valence-corrected chi connectivity index (χ1v) is 14.0. The third-order valence-electron chi connectivity index (χ3n) is 6.01. The highest BCUT2D eigenvalue weighted by Crippen LogP contribution is 2.36. The molecule has 9 nitrogen and oxygen atoms in total. The summed E-state index contributed by atoms with van der Waals surface area (Å²) in [5, 5.41) is 3.38. The highest BCUT2D eigenvalue weighted by Gasteiger charge is 2.33. The first-order valence-electron chi connectivity index (χ1n) is 11.8. The molecule has 0 saturated heterocycles. The van der Waals surface area contributed by atoms with Crippen molar-refractivity contribution in [1.29, 1.82) is 0 Å². The number of carbonyl (C=O) groups is 2. The van der Waals surface area contributed by atoms with Crippen molar-refractivity contribution in [3.63, 3.8) is 0 Å². The standard InChI is InChI=1S/C25H32ClN3O6S/c1-5-17(3)27-25(31)21(6-2)28(14-18-9-7-8-10-20(18)26)24(30)15-29(36(4,32)33)19-11-12-22-23(13-19)35-16-34-22/h7-13,17,21H,5-6,14-16H2,1-4H3,(H,27,31)/t17-,21+/m0/s1. The van der Waals surface area contributed by atoms with Crippen molar-refractivity contribution < 1.29 is 27.5 Å². The quantitative estimate of drug-likeness (QED) is 0.470. The predicted molar refractivity (Wildman–Crippen MR) is 139 cm³/mol. The van der Waals surface area contributed by atoms with Crippen molar-refractivity contribution in [1.82, 2.24) is 10.2 Å². The molecule has 196 valence electrons. The summed E-state index contributed by atoms with van der Waals surface area (Å²) >= 11 is 6.37. The van der Waals surface area contributed by atoms with Gasteiger partial charge in [-0.05, 0) is 43.5 Å². The van der Waals surface area contributed by atoms with Crippen LogP contribution in [0.3, 0.4) is 0 Å². The summed E-state index contributed by atoms with van der Waals surface area (Å²) in [7, 11) is -3.86. The summed E-state index contributed by atoms with van der Waals surface area (Å²) in [5.41, 5.74) is 0.904. The molecule has 0 spiro atoms. The molecule has 0 fully saturated rings. The Bertz CT molecular complexity index is 1210. The first-order chi connectivity index (χ1) is 17.0. The van der Waals surface area contributed by atoms with Crippen LogP contribution in [-0.2, 0) is 26.2 Å². The summed E-state index contributed by atoms with van der Waals surface area (Å²) in [5.74, 6) is 0.0397. The molecule has 2 aromatic carbocycles. The highest BCUT2D eigenvalue weighted by atomic mass is 35.5. The molecule has 11 heteroatoms. The number of anilines is 1. The fourth-order valence-electron chi connectivity index (χ4n) is 3.82. The van der Waals surface area contributed by atoms with Crippen molar-refractivity contribution in [2.24, 2.45) is 0 Å². The highest BCUT2D eigenvalue weighted by molar-refractivity contribution is 7.92. The van der Waals surface area contributed by atoms with Gasteiger partial charge in [0.15, 0.2) is 11.5 Å². The van der Waals surface area contributed by atoms with Gasteiger partial charge in [-0.15, -0.1) is 0 Å². The van der Waals surface area contributed by atoms with Crippen molar-refractivity contribution in [3.05, 3.63) is 53.1 Å². The van der Waals surface area contributed by atoms with Gasteiger partial charge >= 0.3 is 0 Å². The topological polar surface area (TPSA) is 105 Å². The van der Waals surface area contributed by atoms with Crippen LogP contribution in [0.1, 0.15) is 39.2 Å². The number of amides is 2. The number of ether oxygens (including phenoxy) is 2. The zero-order chi connectivity index (χ0) is 26.5. The number of hydrogen-bond acceptors (Lipinski definition) is 6. The van der Waals surface area contributed by atoms with E-state index < -0.39 is 28.5 Å². The lowest BCUT2D eigenvalue weighted by atomic mass is 10.1. The molecule has 1 aliphatic heterocycles. The van der Waals surface area contributed by atoms with Crippen molar-refractivity contribution in [2.45, 2.75) is 52.2 Å². The fraction of sp³-hybridized carbons (Fsp3) is 0.440. The molecule has 1 aliphatic rings. The molecule has 0 radical (unpaired) electrons. The van der Waals surface area contributed by atoms with Gasteiger partial charge in [0.1, 0.15) is 12.6 Å². The maximum Gasteiger partial charge on any atom is 0.244 e. The Balaban J connectivity index is 1.96. The zero-order valence-corrected chi connectivity index (χ0v) is 22.4. The molecule has 0 aliphatic carbocycles. The van der Waals surface area contributed by atoms with E-state index in [2.05, 4.69) is 5.32 Å². The Labute approximate surface area is 217 Å². The van der Waals surface area contributed by atoms with Gasteiger partial charge in [-0.25, -0.2) is 8.42 Å². The lowest BCUT2D eigenvalue weighted by Gasteiger charge is -2.33. The molecule has 3 rings (SSSR count). The number of nitrogens with one attached hydrogen (secondary N) is 1. The summed E-state index contributed by atoms with van der Waals surface area (Å²) in [4.78, 5) is 28.3. The number of rotatable bonds is 11. The third-order valence-corrected chi connectivity index (χ3v) is 7.52. The second-order valence-electron chi connectivity index (χ2n) is 8.66. The molecular weight excluding hydrogens is 506 g/mol. The van der Waals surface area contributed by atoms with Gasteiger partial charge in [0.2, 0.25) is 28.6 Å². The predicted octanol–water partition coefficient (Wildman–Crippen LogP) is 3.56. The van der Waals surface area contributed by atoms with Gasteiger partial charge in [0.05, 0.1) is 11.9 Å². The third kappa shape index (κ3) is 6.61. The number of sulfonamides is 1. The Morgan fingerprint density at radius 2 is 1.78 bits per heavy atom. The average Bonchev–Trinajstić information content (AvgIpc) is 3.30. The number of carbonyl (C=O) groups excluding carboxylic acids is 2. The first kappa shape index (κ1) is 27.6. The Kier molecular flexibility index (Phi) is 9.08. The SMILES string of the molecule is CC[C@H](C(=O)N[C@@H](C)CC)N(Cc1ccccc1Cl)C(=O)CN(c1ccc2c(c1)OCO2)S(C)(=O)=O. The van der Waals surface area contributed by atoms with E-state index in [9.17, 15) is 18.0 Å². The van der Waals surface area contributed by atoms with Gasteiger partial charge in [0.25, 0.3) is 0 Å². The van der Waals surface area contributed by atoms with E-state index in [0.29, 0.717) is 28.5 Å². The molecule has 1 N–H and O–H groups in total. The average molecular weight is 538 g/mol. The summed E-state index contributed by atoms with van der Waals surface area (Å²) in [6, 6.07) is 10.8. The Morgan fingerprint density at radius 3 is 2.42 bits per heavy atom. The van der Waals surface area contributed by atoms with Crippen LogP contribution in [0.15, 0.2) is 42.5 Å². The minimum Gasteiger partial charge on any atom is -0.454 e. The Morgan fingerprint density at radius 1 is 1.08 bits per heavy atom. The minimum absolute atomic E-state index is 0.0334. The summed E-state index contributed by atoms with van der Waals surface area (Å²) in [6.07, 6.45) is 2.09. The van der Waals surface area contributed by atoms with Crippen LogP contribution in [0.25, 0.3) is 0 Å². The minimum atomic E-state index is -3.86. The molecular formula is C25H32ClN3O6S. The molecule has 2 atom stereocenters. The number of halogens is 1. The van der Waals surface area contributed by atoms with Crippen LogP contribution in [0, 0.1) is 0 Å². The second kappa shape index (κ2) is 11.8. The largest absolute Gasteiger partial charge is 0.454 e. The van der Waals surface area contributed by atoms with E-state index in [1.807, 2.05) is 13.8 Å². The van der Waals surface area contributed by atoms with Crippen LogP contribution >= 0.6 is 11.6 Å². The van der Waals surface area contributed by atoms with Gasteiger partial charge in [-0.1, -0.05) is 43.6 Å². The Hall–Kier alpha value is -2.98. The van der Waals surface area contributed by atoms with E-state index in [-0.39, 0.29) is 31.0 Å². The van der Waals surface area contributed by atoms with E-state index in [4.69, 9.17) is 21.1 Å². The molecule has 2 aromatic rings. The zero-order valence-electron chi connectivity index (χ0n) is 20.9. The molecule has 2 amide bonds. The molecule has 0 unspecified atom stereocenters. The van der Waals surface area contributed by atoms with E-state index >= 15 is 0 Å². The van der Waals surface area contributed by atoms with Crippen molar-refractivity contribution in [2.75, 3.05) is 23.9 Å². The molecule has 0 bridgehead atoms. The number of nitrogens with zero attached hydrogens (tertiary/aromatic N) is 2. The normalized spacial score (nSPS) is 14.1. The van der Waals surface area contributed by atoms with E-state index in [0.717, 1.165) is 17.0 Å². The van der Waals surface area contributed by atoms with Crippen LogP contribution in [0.4, 0.5) is 5.69 Å². The maximum atomic E-state index is 13.7. The van der Waals surface area contributed by atoms with Gasteiger partial charge in [-0.3, -0.25) is 13.9 Å². The fourth-order valence-corrected chi connectivity index (χ4v) is 4.86. The van der Waals surface area contributed by atoms with Gasteiger partial charge in [-0.2, -0.15) is 0 Å². The van der Waals surface area contributed by atoms with Gasteiger partial charge in [0, 0.05) is 23.7 Å². The van der Waals surface area contributed by atoms with Gasteiger partial charge < -0.3 is 19.7 Å². The van der Waals surface area contributed by atoms with Crippen LogP contribution in [-0.4, -0.2) is 56.8 Å². The van der Waals surface area contributed by atoms with Crippen LogP contribution in [0.5, 0.6) is 11.5 Å². The monoisotopic (exact) mass is 537 g/mol. The number of hydrogen-bond donors (Lipinski definition) is 1. The second-order valence-corrected chi connectivity index (χ2v) is 11.0. The summed E-state index contributed by atoms with van der Waals surface area (Å²) < 4.78 is 37.2. The van der Waals surface area contributed by atoms with E-state index in [1.165, 1.54) is 11.0 Å². The smallest absolute Gasteiger partial charge is 0.244 e.